The van der Waals surface area contributed by atoms with Crippen molar-refractivity contribution in [1.29, 1.82) is 0 Å². The Bertz CT molecular complexity index is 1370. The Kier molecular flexibility index (Phi) is 6.37. The molecule has 0 aliphatic rings. The van der Waals surface area contributed by atoms with E-state index >= 15 is 0 Å². The van der Waals surface area contributed by atoms with E-state index in [1.807, 2.05) is 0 Å². The van der Waals surface area contributed by atoms with Crippen LogP contribution in [-0.4, -0.2) is 23.9 Å². The van der Waals surface area contributed by atoms with Crippen molar-refractivity contribution in [2.75, 3.05) is 11.8 Å². The number of hydrogen-bond donors (Lipinski definition) is 2. The first-order valence-corrected chi connectivity index (χ1v) is 12.8. The van der Waals surface area contributed by atoms with Gasteiger partial charge in [-0.15, -0.1) is 0 Å². The largest absolute Gasteiger partial charge is 0.496 e. The minimum atomic E-state index is -4.11. The Morgan fingerprint density at radius 3 is 1.84 bits per heavy atom. The third-order valence-electron chi connectivity index (χ3n) is 5.60. The van der Waals surface area contributed by atoms with Crippen LogP contribution in [0.25, 0.3) is 11.1 Å². The van der Waals surface area contributed by atoms with Crippen LogP contribution in [0.3, 0.4) is 0 Å². The molecule has 170 valence electrons. The zero-order valence-corrected chi connectivity index (χ0v) is 20.2. The van der Waals surface area contributed by atoms with Crippen LogP contribution in [0.2, 0.25) is 0 Å². The first-order valence-electron chi connectivity index (χ1n) is 9.78. The second-order valence-electron chi connectivity index (χ2n) is 7.56. The van der Waals surface area contributed by atoms with Gasteiger partial charge in [0, 0.05) is 5.56 Å². The highest BCUT2D eigenvalue weighted by Crippen LogP contribution is 2.38. The second-order valence-corrected chi connectivity index (χ2v) is 10.7. The molecule has 7 nitrogen and oxygen atoms in total. The topological polar surface area (TPSA) is 116 Å². The smallest absolute Gasteiger partial charge is 0.262 e. The Labute approximate surface area is 189 Å². The molecule has 3 rings (SSSR count). The van der Waals surface area contributed by atoms with Gasteiger partial charge in [-0.1, -0.05) is 36.4 Å². The molecule has 0 heterocycles. The molecule has 0 fully saturated rings. The van der Waals surface area contributed by atoms with Crippen molar-refractivity contribution in [2.24, 2.45) is 5.14 Å². The van der Waals surface area contributed by atoms with E-state index in [1.165, 1.54) is 18.2 Å². The summed E-state index contributed by atoms with van der Waals surface area (Å²) in [6.45, 7) is 7.04. The summed E-state index contributed by atoms with van der Waals surface area (Å²) in [5, 5.41) is 5.44. The lowest BCUT2D eigenvalue weighted by Gasteiger charge is -2.21. The SMILES string of the molecule is COc1c(C)c(C)c(S(=O)(=O)Nc2cccc(S(N)(=O)=O)c2-c2ccccc2)c(C)c1C. The summed E-state index contributed by atoms with van der Waals surface area (Å²) < 4.78 is 59.7. The van der Waals surface area contributed by atoms with Crippen LogP contribution >= 0.6 is 0 Å². The van der Waals surface area contributed by atoms with E-state index in [2.05, 4.69) is 4.72 Å². The highest BCUT2D eigenvalue weighted by atomic mass is 32.2. The molecule has 3 aromatic carbocycles. The van der Waals surface area contributed by atoms with Crippen LogP contribution in [0.4, 0.5) is 5.69 Å². The number of nitrogens with one attached hydrogen (secondary N) is 1. The van der Waals surface area contributed by atoms with Crippen LogP contribution in [0.5, 0.6) is 5.75 Å². The maximum absolute atomic E-state index is 13.6. The Balaban J connectivity index is 2.27. The molecule has 0 aliphatic carbocycles. The number of methoxy groups -OCH3 is 1. The molecule has 0 radical (unpaired) electrons. The van der Waals surface area contributed by atoms with Crippen molar-refractivity contribution < 1.29 is 21.6 Å². The van der Waals surface area contributed by atoms with Crippen molar-refractivity contribution in [3.8, 4) is 16.9 Å². The summed E-state index contributed by atoms with van der Waals surface area (Å²) in [6, 6.07) is 13.0. The molecule has 0 atom stereocenters. The molecular weight excluding hydrogens is 448 g/mol. The Morgan fingerprint density at radius 1 is 0.781 bits per heavy atom. The van der Waals surface area contributed by atoms with E-state index < -0.39 is 20.0 Å². The quantitative estimate of drug-likeness (QED) is 0.559. The van der Waals surface area contributed by atoms with Gasteiger partial charge in [0.25, 0.3) is 10.0 Å². The van der Waals surface area contributed by atoms with Crippen LogP contribution in [0.1, 0.15) is 22.3 Å². The van der Waals surface area contributed by atoms with Gasteiger partial charge in [0.2, 0.25) is 10.0 Å². The Hall–Kier alpha value is -2.88. The van der Waals surface area contributed by atoms with Crippen molar-refractivity contribution in [2.45, 2.75) is 37.5 Å². The third-order valence-corrected chi connectivity index (χ3v) is 8.19. The lowest BCUT2D eigenvalue weighted by Crippen LogP contribution is -2.19. The van der Waals surface area contributed by atoms with Crippen LogP contribution in [0.15, 0.2) is 58.3 Å². The van der Waals surface area contributed by atoms with Gasteiger partial charge in [0.05, 0.1) is 22.6 Å². The number of ether oxygens (including phenoxy) is 1. The molecule has 0 aliphatic heterocycles. The molecule has 0 amide bonds. The molecule has 3 N–H and O–H groups in total. The van der Waals surface area contributed by atoms with Gasteiger partial charge in [-0.2, -0.15) is 0 Å². The minimum absolute atomic E-state index is 0.118. The highest BCUT2D eigenvalue weighted by Gasteiger charge is 2.27. The first-order chi connectivity index (χ1) is 14.9. The molecule has 32 heavy (non-hydrogen) atoms. The van der Waals surface area contributed by atoms with Crippen LogP contribution < -0.4 is 14.6 Å². The molecule has 0 saturated carbocycles. The standard InChI is InChI=1S/C23H26N2O5S2/c1-14-16(3)23(17(4)15(2)22(14)30-5)32(28,29)25-19-12-9-13-20(31(24,26)27)21(19)18-10-7-6-8-11-18/h6-13,25H,1-5H3,(H2,24,26,27). The number of benzene rings is 3. The van der Waals surface area contributed by atoms with Crippen LogP contribution in [0, 0.1) is 27.7 Å². The Morgan fingerprint density at radius 2 is 1.34 bits per heavy atom. The van der Waals surface area contributed by atoms with Crippen LogP contribution in [-0.2, 0) is 20.0 Å². The van der Waals surface area contributed by atoms with Gasteiger partial charge in [0.15, 0.2) is 0 Å². The lowest BCUT2D eigenvalue weighted by molar-refractivity contribution is 0.407. The van der Waals surface area contributed by atoms with Gasteiger partial charge < -0.3 is 4.74 Å². The molecule has 0 aromatic heterocycles. The fraction of sp³-hybridized carbons (Fsp3) is 0.217. The van der Waals surface area contributed by atoms with E-state index in [4.69, 9.17) is 9.88 Å². The number of rotatable bonds is 6. The highest BCUT2D eigenvalue weighted by molar-refractivity contribution is 7.93. The zero-order valence-electron chi connectivity index (χ0n) is 18.6. The number of anilines is 1. The molecule has 0 unspecified atom stereocenters. The maximum Gasteiger partial charge on any atom is 0.262 e. The monoisotopic (exact) mass is 474 g/mol. The summed E-state index contributed by atoms with van der Waals surface area (Å²) in [4.78, 5) is -0.0345. The molecule has 0 spiro atoms. The van der Waals surface area contributed by atoms with Crippen molar-refractivity contribution in [3.63, 3.8) is 0 Å². The van der Waals surface area contributed by atoms with Gasteiger partial charge >= 0.3 is 0 Å². The van der Waals surface area contributed by atoms with E-state index in [1.54, 1.807) is 65.1 Å². The normalized spacial score (nSPS) is 11.9. The summed E-state index contributed by atoms with van der Waals surface area (Å²) in [5.74, 6) is 0.639. The molecule has 3 aromatic rings. The van der Waals surface area contributed by atoms with E-state index in [0.717, 1.165) is 11.1 Å². The summed E-state index contributed by atoms with van der Waals surface area (Å²) in [5.41, 5.74) is 3.38. The zero-order chi connectivity index (χ0) is 23.8. The predicted octanol–water partition coefficient (Wildman–Crippen LogP) is 4.04. The molecular formula is C23H26N2O5S2. The fourth-order valence-corrected chi connectivity index (χ4v) is 6.36. The van der Waals surface area contributed by atoms with E-state index in [0.29, 0.717) is 22.4 Å². The number of hydrogen-bond acceptors (Lipinski definition) is 5. The van der Waals surface area contributed by atoms with E-state index in [9.17, 15) is 16.8 Å². The van der Waals surface area contributed by atoms with Crippen molar-refractivity contribution in [1.82, 2.24) is 0 Å². The van der Waals surface area contributed by atoms with Gasteiger partial charge in [-0.25, -0.2) is 22.0 Å². The molecule has 0 saturated heterocycles. The lowest BCUT2D eigenvalue weighted by atomic mass is 10.00. The van der Waals surface area contributed by atoms with E-state index in [-0.39, 0.29) is 21.0 Å². The summed E-state index contributed by atoms with van der Waals surface area (Å²) >= 11 is 0. The van der Waals surface area contributed by atoms with Gasteiger partial charge in [-0.3, -0.25) is 4.72 Å². The summed E-state index contributed by atoms with van der Waals surface area (Å²) in [7, 11) is -6.65. The average Bonchev–Trinajstić information content (AvgIpc) is 2.72. The third kappa shape index (κ3) is 4.23. The van der Waals surface area contributed by atoms with Gasteiger partial charge in [-0.05, 0) is 67.6 Å². The van der Waals surface area contributed by atoms with Crippen molar-refractivity contribution >= 4 is 25.7 Å². The molecule has 9 heteroatoms. The second kappa shape index (κ2) is 8.57. The number of sulfonamides is 2. The first kappa shape index (κ1) is 23.8. The maximum atomic E-state index is 13.6. The predicted molar refractivity (Wildman–Crippen MR) is 126 cm³/mol. The fourth-order valence-electron chi connectivity index (χ4n) is 3.90. The van der Waals surface area contributed by atoms with Gasteiger partial charge in [0.1, 0.15) is 5.75 Å². The number of nitrogens with two attached hydrogens (primary N) is 1. The van der Waals surface area contributed by atoms with Crippen molar-refractivity contribution in [3.05, 3.63) is 70.8 Å². The molecule has 0 bridgehead atoms. The average molecular weight is 475 g/mol. The number of primary sulfonamides is 1. The summed E-state index contributed by atoms with van der Waals surface area (Å²) in [6.07, 6.45) is 0. The minimum Gasteiger partial charge on any atom is -0.496 e.